The second-order valence-corrected chi connectivity index (χ2v) is 9.64. The van der Waals surface area contributed by atoms with E-state index in [9.17, 15) is 13.2 Å². The first-order valence-corrected chi connectivity index (χ1v) is 11.3. The van der Waals surface area contributed by atoms with Crippen molar-refractivity contribution in [2.24, 2.45) is 0 Å². The fraction of sp³-hybridized carbons (Fsp3) is 0.611. The zero-order chi connectivity index (χ0) is 18.7. The number of sulfone groups is 1. The van der Waals surface area contributed by atoms with Gasteiger partial charge in [-0.15, -0.1) is 0 Å². The number of likely N-dealkylation sites (N-methyl/N-ethyl adjacent to an activating group) is 1. The van der Waals surface area contributed by atoms with Crippen LogP contribution in [0.1, 0.15) is 13.3 Å². The smallest absolute Gasteiger partial charge is 0.237 e. The van der Waals surface area contributed by atoms with Gasteiger partial charge in [0.05, 0.1) is 18.1 Å². The minimum atomic E-state index is -2.98. The number of carbonyl (C=O) groups excluding carboxylic acids is 1. The second kappa shape index (κ2) is 8.15. The van der Waals surface area contributed by atoms with Crippen molar-refractivity contribution in [3.63, 3.8) is 0 Å². The van der Waals surface area contributed by atoms with Gasteiger partial charge in [-0.1, -0.05) is 17.7 Å². The molecule has 2 heterocycles. The number of benzene rings is 1. The van der Waals surface area contributed by atoms with Gasteiger partial charge in [-0.2, -0.15) is 0 Å². The van der Waals surface area contributed by atoms with Crippen molar-refractivity contribution < 1.29 is 13.2 Å². The van der Waals surface area contributed by atoms with Crippen LogP contribution in [0.3, 0.4) is 0 Å². The molecule has 2 saturated heterocycles. The lowest BCUT2D eigenvalue weighted by molar-refractivity contribution is -0.134. The predicted molar refractivity (Wildman–Crippen MR) is 105 cm³/mol. The predicted octanol–water partition coefficient (Wildman–Crippen LogP) is 1.50. The van der Waals surface area contributed by atoms with E-state index in [4.69, 9.17) is 11.6 Å². The number of halogens is 1. The third-order valence-corrected chi connectivity index (χ3v) is 7.20. The molecule has 144 valence electrons. The molecular formula is C18H26ClN3O3S. The van der Waals surface area contributed by atoms with E-state index in [-0.39, 0.29) is 23.5 Å². The number of nitrogens with zero attached hydrogens (tertiary/aromatic N) is 3. The van der Waals surface area contributed by atoms with Gasteiger partial charge in [0.15, 0.2) is 9.84 Å². The molecule has 26 heavy (non-hydrogen) atoms. The maximum absolute atomic E-state index is 12.7. The van der Waals surface area contributed by atoms with Gasteiger partial charge in [-0.25, -0.2) is 8.42 Å². The molecule has 0 bridgehead atoms. The number of piperazine rings is 1. The molecule has 3 rings (SSSR count). The van der Waals surface area contributed by atoms with Gasteiger partial charge in [0, 0.05) is 49.5 Å². The largest absolute Gasteiger partial charge is 0.369 e. The average Bonchev–Trinajstić information content (AvgIpc) is 2.96. The average molecular weight is 400 g/mol. The highest BCUT2D eigenvalue weighted by molar-refractivity contribution is 7.91. The van der Waals surface area contributed by atoms with Crippen LogP contribution in [0.2, 0.25) is 5.02 Å². The van der Waals surface area contributed by atoms with Crippen molar-refractivity contribution in [1.29, 1.82) is 0 Å². The molecule has 1 aromatic carbocycles. The van der Waals surface area contributed by atoms with Crippen molar-refractivity contribution in [3.05, 3.63) is 29.3 Å². The van der Waals surface area contributed by atoms with E-state index in [0.29, 0.717) is 19.5 Å². The van der Waals surface area contributed by atoms with E-state index < -0.39 is 9.84 Å². The molecule has 8 heteroatoms. The Hall–Kier alpha value is -1.31. The highest BCUT2D eigenvalue weighted by Gasteiger charge is 2.34. The fourth-order valence-corrected chi connectivity index (χ4v) is 5.69. The minimum Gasteiger partial charge on any atom is -0.369 e. The monoisotopic (exact) mass is 399 g/mol. The Balaban J connectivity index is 1.52. The third kappa shape index (κ3) is 4.69. The van der Waals surface area contributed by atoms with Gasteiger partial charge in [0.25, 0.3) is 0 Å². The number of rotatable bonds is 5. The second-order valence-electron chi connectivity index (χ2n) is 6.98. The van der Waals surface area contributed by atoms with E-state index in [0.717, 1.165) is 36.9 Å². The number of hydrogen-bond donors (Lipinski definition) is 0. The van der Waals surface area contributed by atoms with Gasteiger partial charge in [0.1, 0.15) is 0 Å². The van der Waals surface area contributed by atoms with Crippen molar-refractivity contribution >= 4 is 33.0 Å². The summed E-state index contributed by atoms with van der Waals surface area (Å²) in [6, 6.07) is 7.66. The summed E-state index contributed by atoms with van der Waals surface area (Å²) in [5.74, 6) is 0.334. The Morgan fingerprint density at radius 3 is 2.58 bits per heavy atom. The molecule has 1 atom stereocenters. The molecule has 0 unspecified atom stereocenters. The molecule has 0 aliphatic carbocycles. The van der Waals surface area contributed by atoms with Crippen LogP contribution >= 0.6 is 11.6 Å². The van der Waals surface area contributed by atoms with Gasteiger partial charge >= 0.3 is 0 Å². The van der Waals surface area contributed by atoms with E-state index in [1.54, 1.807) is 4.90 Å². The normalized spacial score (nSPS) is 23.2. The van der Waals surface area contributed by atoms with Crippen LogP contribution in [0.4, 0.5) is 5.69 Å². The molecule has 6 nitrogen and oxygen atoms in total. The number of amides is 1. The summed E-state index contributed by atoms with van der Waals surface area (Å²) < 4.78 is 23.4. The van der Waals surface area contributed by atoms with E-state index in [1.807, 2.05) is 31.2 Å². The first-order chi connectivity index (χ1) is 12.4. The van der Waals surface area contributed by atoms with Gasteiger partial charge < -0.3 is 9.80 Å². The molecule has 0 saturated carbocycles. The molecule has 2 fully saturated rings. The maximum atomic E-state index is 12.7. The van der Waals surface area contributed by atoms with Crippen LogP contribution in [0, 0.1) is 0 Å². The Bertz CT molecular complexity index is 748. The third-order valence-electron chi connectivity index (χ3n) is 5.21. The molecule has 0 spiro atoms. The van der Waals surface area contributed by atoms with Crippen molar-refractivity contribution in [3.8, 4) is 0 Å². The van der Waals surface area contributed by atoms with Crippen LogP contribution in [0.25, 0.3) is 0 Å². The summed E-state index contributed by atoms with van der Waals surface area (Å²) in [5.41, 5.74) is 1.11. The molecule has 1 aromatic rings. The van der Waals surface area contributed by atoms with Gasteiger partial charge in [-0.3, -0.25) is 9.69 Å². The summed E-state index contributed by atoms with van der Waals surface area (Å²) in [6.07, 6.45) is 0.560. The van der Waals surface area contributed by atoms with E-state index in [1.165, 1.54) is 0 Å². The Kier molecular flexibility index (Phi) is 6.10. The fourth-order valence-electron chi connectivity index (χ4n) is 3.78. The van der Waals surface area contributed by atoms with Crippen LogP contribution < -0.4 is 4.90 Å². The van der Waals surface area contributed by atoms with Crippen molar-refractivity contribution in [1.82, 2.24) is 9.80 Å². The first kappa shape index (κ1) is 19.5. The summed E-state index contributed by atoms with van der Waals surface area (Å²) in [6.45, 7) is 6.13. The van der Waals surface area contributed by atoms with Crippen molar-refractivity contribution in [2.75, 3.05) is 55.7 Å². The van der Waals surface area contributed by atoms with Gasteiger partial charge in [-0.05, 0) is 31.5 Å². The van der Waals surface area contributed by atoms with E-state index >= 15 is 0 Å². The highest BCUT2D eigenvalue weighted by atomic mass is 35.5. The summed E-state index contributed by atoms with van der Waals surface area (Å²) in [7, 11) is -2.98. The van der Waals surface area contributed by atoms with Crippen LogP contribution in [0.15, 0.2) is 24.3 Å². The Morgan fingerprint density at radius 1 is 1.27 bits per heavy atom. The quantitative estimate of drug-likeness (QED) is 0.750. The molecule has 0 radical (unpaired) electrons. The van der Waals surface area contributed by atoms with Crippen LogP contribution in [-0.2, 0) is 14.6 Å². The Labute approximate surface area is 160 Å². The lowest BCUT2D eigenvalue weighted by Gasteiger charge is -2.37. The van der Waals surface area contributed by atoms with Gasteiger partial charge in [0.2, 0.25) is 5.91 Å². The summed E-state index contributed by atoms with van der Waals surface area (Å²) >= 11 is 6.06. The zero-order valence-electron chi connectivity index (χ0n) is 15.1. The lowest BCUT2D eigenvalue weighted by Crippen LogP contribution is -2.51. The molecule has 1 amide bonds. The molecule has 0 N–H and O–H groups in total. The first-order valence-electron chi connectivity index (χ1n) is 9.11. The topological polar surface area (TPSA) is 60.9 Å². The molecule has 0 aromatic heterocycles. The number of carbonyl (C=O) groups is 1. The minimum absolute atomic E-state index is 0.0332. The van der Waals surface area contributed by atoms with Crippen molar-refractivity contribution in [2.45, 2.75) is 19.4 Å². The van der Waals surface area contributed by atoms with Crippen LogP contribution in [0.5, 0.6) is 0 Å². The number of hydrogen-bond acceptors (Lipinski definition) is 5. The highest BCUT2D eigenvalue weighted by Crippen LogP contribution is 2.21. The summed E-state index contributed by atoms with van der Waals surface area (Å²) in [4.78, 5) is 18.9. The molecular weight excluding hydrogens is 374 g/mol. The lowest BCUT2D eigenvalue weighted by atomic mass is 10.2. The standard InChI is InChI=1S/C18H26ClN3O3S/c1-2-22(17-6-11-26(24,25)14-17)18(23)13-20-7-9-21(10-8-20)16-5-3-4-15(19)12-16/h3-5,12,17H,2,6-11,13-14H2,1H3/t17-/m1/s1. The Morgan fingerprint density at radius 2 is 2.00 bits per heavy atom. The SMILES string of the molecule is CCN(C(=O)CN1CCN(c2cccc(Cl)c2)CC1)[C@@H]1CCS(=O)(=O)C1. The zero-order valence-corrected chi connectivity index (χ0v) is 16.7. The van der Waals surface area contributed by atoms with Crippen LogP contribution in [-0.4, -0.2) is 80.9 Å². The summed E-state index contributed by atoms with van der Waals surface area (Å²) in [5, 5.41) is 0.727. The van der Waals surface area contributed by atoms with E-state index in [2.05, 4.69) is 9.80 Å². The maximum Gasteiger partial charge on any atom is 0.237 e. The number of anilines is 1. The molecule has 2 aliphatic heterocycles. The molecule has 2 aliphatic rings.